The van der Waals surface area contributed by atoms with Crippen molar-refractivity contribution in [1.29, 1.82) is 0 Å². The van der Waals surface area contributed by atoms with E-state index in [2.05, 4.69) is 15.1 Å². The van der Waals surface area contributed by atoms with E-state index in [1.165, 1.54) is 0 Å². The average molecular weight is 375 g/mol. The van der Waals surface area contributed by atoms with Gasteiger partial charge in [-0.05, 0) is 30.3 Å². The van der Waals surface area contributed by atoms with E-state index < -0.39 is 0 Å². The quantitative estimate of drug-likeness (QED) is 0.698. The third-order valence-electron chi connectivity index (χ3n) is 4.04. The lowest BCUT2D eigenvalue weighted by atomic mass is 9.98. The van der Waals surface area contributed by atoms with Crippen LogP contribution >= 0.6 is 23.2 Å². The summed E-state index contributed by atoms with van der Waals surface area (Å²) in [5, 5.41) is 4.83. The lowest BCUT2D eigenvalue weighted by Crippen LogP contribution is -2.48. The molecule has 1 amide bonds. The van der Waals surface area contributed by atoms with Crippen molar-refractivity contribution in [2.45, 2.75) is 5.92 Å². The number of carbonyl (C=O) groups is 1. The summed E-state index contributed by atoms with van der Waals surface area (Å²) in [5.41, 5.74) is 1.18. The van der Waals surface area contributed by atoms with Gasteiger partial charge in [0.2, 0.25) is 11.7 Å². The third kappa shape index (κ3) is 3.10. The van der Waals surface area contributed by atoms with Crippen molar-refractivity contribution >= 4 is 29.1 Å². The van der Waals surface area contributed by atoms with Crippen molar-refractivity contribution in [2.24, 2.45) is 0 Å². The SMILES string of the molecule is O=C(c1cc(Cl)ccc1Cl)N1CC(c2nc(-c3cccnc3)no2)C1. The highest BCUT2D eigenvalue weighted by Gasteiger charge is 2.36. The Hall–Kier alpha value is -2.44. The number of carbonyl (C=O) groups excluding carboxylic acids is 1. The minimum absolute atomic E-state index is 0.0137. The van der Waals surface area contributed by atoms with Crippen LogP contribution in [0.4, 0.5) is 0 Å². The molecule has 0 saturated carbocycles. The molecule has 0 bridgehead atoms. The summed E-state index contributed by atoms with van der Waals surface area (Å²) in [7, 11) is 0. The summed E-state index contributed by atoms with van der Waals surface area (Å²) >= 11 is 12.0. The molecule has 126 valence electrons. The second-order valence-corrected chi connectivity index (χ2v) is 6.57. The van der Waals surface area contributed by atoms with Gasteiger partial charge in [0.1, 0.15) is 0 Å². The maximum atomic E-state index is 12.5. The van der Waals surface area contributed by atoms with Gasteiger partial charge in [0, 0.05) is 36.1 Å². The molecule has 25 heavy (non-hydrogen) atoms. The smallest absolute Gasteiger partial charge is 0.255 e. The molecular weight excluding hydrogens is 363 g/mol. The predicted molar refractivity (Wildman–Crippen MR) is 92.6 cm³/mol. The molecule has 1 aliphatic heterocycles. The highest BCUT2D eigenvalue weighted by Crippen LogP contribution is 2.30. The molecule has 6 nitrogen and oxygen atoms in total. The maximum Gasteiger partial charge on any atom is 0.255 e. The van der Waals surface area contributed by atoms with Crippen LogP contribution in [-0.2, 0) is 0 Å². The van der Waals surface area contributed by atoms with E-state index in [0.29, 0.717) is 40.4 Å². The number of aromatic nitrogens is 3. The molecule has 0 radical (unpaired) electrons. The molecule has 3 heterocycles. The van der Waals surface area contributed by atoms with Gasteiger partial charge in [0.15, 0.2) is 0 Å². The number of benzene rings is 1. The predicted octanol–water partition coefficient (Wildman–Crippen LogP) is 3.68. The zero-order valence-electron chi connectivity index (χ0n) is 12.9. The molecule has 0 N–H and O–H groups in total. The fourth-order valence-corrected chi connectivity index (χ4v) is 3.02. The minimum Gasteiger partial charge on any atom is -0.339 e. The second kappa shape index (κ2) is 6.46. The Labute approximate surface area is 153 Å². The highest BCUT2D eigenvalue weighted by molar-refractivity contribution is 6.35. The lowest BCUT2D eigenvalue weighted by Gasteiger charge is -2.37. The first kappa shape index (κ1) is 16.1. The molecule has 0 atom stereocenters. The van der Waals surface area contributed by atoms with E-state index in [1.807, 2.05) is 12.1 Å². The van der Waals surface area contributed by atoms with E-state index in [0.717, 1.165) is 5.56 Å². The Morgan fingerprint density at radius 3 is 2.84 bits per heavy atom. The molecule has 1 saturated heterocycles. The van der Waals surface area contributed by atoms with Gasteiger partial charge in [0.25, 0.3) is 5.91 Å². The zero-order chi connectivity index (χ0) is 17.4. The number of rotatable bonds is 3. The van der Waals surface area contributed by atoms with E-state index in [9.17, 15) is 4.79 Å². The molecule has 0 aliphatic carbocycles. The van der Waals surface area contributed by atoms with Crippen LogP contribution in [0.25, 0.3) is 11.4 Å². The summed E-state index contributed by atoms with van der Waals surface area (Å²) in [6.45, 7) is 0.993. The van der Waals surface area contributed by atoms with Crippen LogP contribution in [0.3, 0.4) is 0 Å². The van der Waals surface area contributed by atoms with Gasteiger partial charge < -0.3 is 9.42 Å². The molecule has 0 unspecified atom stereocenters. The summed E-state index contributed by atoms with van der Waals surface area (Å²) in [6, 6.07) is 8.51. The van der Waals surface area contributed by atoms with Crippen molar-refractivity contribution in [3.8, 4) is 11.4 Å². The molecule has 2 aromatic heterocycles. The molecule has 1 aliphatic rings. The molecule has 4 rings (SSSR count). The Bertz CT molecular complexity index is 923. The van der Waals surface area contributed by atoms with Crippen molar-refractivity contribution in [1.82, 2.24) is 20.0 Å². The Balaban J connectivity index is 1.45. The van der Waals surface area contributed by atoms with Gasteiger partial charge in [-0.1, -0.05) is 28.4 Å². The monoisotopic (exact) mass is 374 g/mol. The number of pyridine rings is 1. The number of nitrogens with zero attached hydrogens (tertiary/aromatic N) is 4. The van der Waals surface area contributed by atoms with Crippen molar-refractivity contribution in [3.05, 3.63) is 64.2 Å². The van der Waals surface area contributed by atoms with Gasteiger partial charge in [0.05, 0.1) is 16.5 Å². The molecular formula is C17H12Cl2N4O2. The normalized spacial score (nSPS) is 14.4. The van der Waals surface area contributed by atoms with Crippen LogP contribution in [0, 0.1) is 0 Å². The first-order chi connectivity index (χ1) is 12.1. The van der Waals surface area contributed by atoms with E-state index >= 15 is 0 Å². The molecule has 3 aromatic rings. The molecule has 1 aromatic carbocycles. The summed E-state index contributed by atoms with van der Waals surface area (Å²) in [6.07, 6.45) is 3.35. The largest absolute Gasteiger partial charge is 0.339 e. The van der Waals surface area contributed by atoms with Crippen LogP contribution in [-0.4, -0.2) is 39.0 Å². The molecule has 1 fully saturated rings. The Morgan fingerprint density at radius 1 is 1.24 bits per heavy atom. The summed E-state index contributed by atoms with van der Waals surface area (Å²) < 4.78 is 5.33. The fourth-order valence-electron chi connectivity index (χ4n) is 2.65. The van der Waals surface area contributed by atoms with Crippen molar-refractivity contribution in [2.75, 3.05) is 13.1 Å². The Kier molecular flexibility index (Phi) is 4.15. The minimum atomic E-state index is -0.157. The Morgan fingerprint density at radius 2 is 2.08 bits per heavy atom. The van der Waals surface area contributed by atoms with Crippen LogP contribution < -0.4 is 0 Å². The van der Waals surface area contributed by atoms with Gasteiger partial charge >= 0.3 is 0 Å². The number of hydrogen-bond donors (Lipinski definition) is 0. The summed E-state index contributed by atoms with van der Waals surface area (Å²) in [4.78, 5) is 22.6. The number of halogens is 2. The number of hydrogen-bond acceptors (Lipinski definition) is 5. The first-order valence-corrected chi connectivity index (χ1v) is 8.36. The maximum absolute atomic E-state index is 12.5. The van der Waals surface area contributed by atoms with Crippen LogP contribution in [0.5, 0.6) is 0 Å². The number of likely N-dealkylation sites (tertiary alicyclic amines) is 1. The van der Waals surface area contributed by atoms with Gasteiger partial charge in [-0.2, -0.15) is 4.98 Å². The van der Waals surface area contributed by atoms with Crippen molar-refractivity contribution in [3.63, 3.8) is 0 Å². The highest BCUT2D eigenvalue weighted by atomic mass is 35.5. The number of amides is 1. The second-order valence-electron chi connectivity index (χ2n) is 5.73. The lowest BCUT2D eigenvalue weighted by molar-refractivity contribution is 0.0569. The molecule has 8 heteroatoms. The topological polar surface area (TPSA) is 72.1 Å². The first-order valence-electron chi connectivity index (χ1n) is 7.60. The summed E-state index contributed by atoms with van der Waals surface area (Å²) in [5.74, 6) is 0.862. The van der Waals surface area contributed by atoms with Gasteiger partial charge in [-0.15, -0.1) is 0 Å². The van der Waals surface area contributed by atoms with E-state index in [4.69, 9.17) is 27.7 Å². The van der Waals surface area contributed by atoms with Crippen LogP contribution in [0.2, 0.25) is 10.0 Å². The van der Waals surface area contributed by atoms with E-state index in [1.54, 1.807) is 35.5 Å². The average Bonchev–Trinajstić information content (AvgIpc) is 3.06. The zero-order valence-corrected chi connectivity index (χ0v) is 14.4. The van der Waals surface area contributed by atoms with Crippen LogP contribution in [0.15, 0.2) is 47.2 Å². The standard InChI is InChI=1S/C17H12Cl2N4O2/c18-12-3-4-14(19)13(6-12)17(24)23-8-11(9-23)16-21-15(22-25-16)10-2-1-5-20-7-10/h1-7,11H,8-9H2. The van der Waals surface area contributed by atoms with Gasteiger partial charge in [-0.25, -0.2) is 0 Å². The van der Waals surface area contributed by atoms with Crippen LogP contribution in [0.1, 0.15) is 22.2 Å². The van der Waals surface area contributed by atoms with Gasteiger partial charge in [-0.3, -0.25) is 9.78 Å². The van der Waals surface area contributed by atoms with E-state index in [-0.39, 0.29) is 11.8 Å². The molecule has 0 spiro atoms. The third-order valence-corrected chi connectivity index (χ3v) is 4.60. The van der Waals surface area contributed by atoms with Crippen molar-refractivity contribution < 1.29 is 9.32 Å². The fraction of sp³-hybridized carbons (Fsp3) is 0.176.